The average molecular weight is 261 g/mol. The minimum atomic E-state index is -0.675. The van der Waals surface area contributed by atoms with E-state index in [-0.39, 0.29) is 6.61 Å². The zero-order chi connectivity index (χ0) is 13.1. The molecule has 0 radical (unpaired) electrons. The summed E-state index contributed by atoms with van der Waals surface area (Å²) in [5.41, 5.74) is 0. The molecule has 0 aromatic rings. The quantitative estimate of drug-likeness (QED) is 0.232. The molecule has 100 valence electrons. The Morgan fingerprint density at radius 3 is 2.94 bits per heavy atom. The second-order valence-corrected chi connectivity index (χ2v) is 4.35. The van der Waals surface area contributed by atoms with Crippen molar-refractivity contribution in [1.82, 2.24) is 5.32 Å². The first-order chi connectivity index (χ1) is 8.10. The third kappa shape index (κ3) is 10.2. The lowest BCUT2D eigenvalue weighted by Crippen LogP contribution is -2.31. The summed E-state index contributed by atoms with van der Waals surface area (Å²) in [6.07, 6.45) is 2.74. The van der Waals surface area contributed by atoms with E-state index in [1.54, 1.807) is 0 Å². The predicted molar refractivity (Wildman–Crippen MR) is 69.8 cm³/mol. The van der Waals surface area contributed by atoms with Crippen LogP contribution in [0.3, 0.4) is 0 Å². The van der Waals surface area contributed by atoms with Gasteiger partial charge in [0.05, 0.1) is 0 Å². The van der Waals surface area contributed by atoms with Crippen LogP contribution in [0, 0.1) is 0 Å². The van der Waals surface area contributed by atoms with Crippen LogP contribution in [0.5, 0.6) is 0 Å². The van der Waals surface area contributed by atoms with E-state index in [1.807, 2.05) is 0 Å². The first kappa shape index (κ1) is 16.3. The zero-order valence-electron chi connectivity index (χ0n) is 10.6. The van der Waals surface area contributed by atoms with Crippen molar-refractivity contribution < 1.29 is 19.1 Å². The van der Waals surface area contributed by atoms with Gasteiger partial charge in [-0.05, 0) is 26.3 Å². The van der Waals surface area contributed by atoms with E-state index in [0.717, 1.165) is 35.9 Å². The molecule has 17 heavy (non-hydrogen) atoms. The lowest BCUT2D eigenvalue weighted by molar-refractivity contribution is -0.140. The number of carbonyl (C=O) groups excluding carboxylic acids is 1. The largest absolute Gasteiger partial charge is 0.460 e. The SMILES string of the molecule is C=CC(=O)OCC(O)CNCCCC(C)O[SiH3]. The number of aliphatic hydroxyl groups excluding tert-OH is 1. The number of rotatable bonds is 10. The third-order valence-electron chi connectivity index (χ3n) is 2.33. The summed E-state index contributed by atoms with van der Waals surface area (Å²) < 4.78 is 9.95. The van der Waals surface area contributed by atoms with Crippen molar-refractivity contribution in [1.29, 1.82) is 0 Å². The third-order valence-corrected chi connectivity index (χ3v) is 3.14. The molecule has 0 saturated heterocycles. The summed E-state index contributed by atoms with van der Waals surface area (Å²) >= 11 is 0. The Hall–Kier alpha value is -0.693. The molecule has 0 aliphatic heterocycles. The van der Waals surface area contributed by atoms with Crippen LogP contribution in [-0.4, -0.2) is 53.5 Å². The highest BCUT2D eigenvalue weighted by Gasteiger charge is 2.06. The van der Waals surface area contributed by atoms with Crippen LogP contribution in [0.25, 0.3) is 0 Å². The van der Waals surface area contributed by atoms with Gasteiger partial charge in [-0.1, -0.05) is 6.58 Å². The van der Waals surface area contributed by atoms with Crippen molar-refractivity contribution in [2.45, 2.75) is 32.0 Å². The van der Waals surface area contributed by atoms with E-state index in [9.17, 15) is 9.90 Å². The van der Waals surface area contributed by atoms with Crippen LogP contribution in [0.4, 0.5) is 0 Å². The Morgan fingerprint density at radius 1 is 1.65 bits per heavy atom. The summed E-state index contributed by atoms with van der Waals surface area (Å²) in [6, 6.07) is 0. The van der Waals surface area contributed by atoms with E-state index in [2.05, 4.69) is 18.8 Å². The van der Waals surface area contributed by atoms with Gasteiger partial charge in [-0.25, -0.2) is 4.79 Å². The summed E-state index contributed by atoms with van der Waals surface area (Å²) in [5, 5.41) is 12.6. The fourth-order valence-corrected chi connectivity index (χ4v) is 1.43. The van der Waals surface area contributed by atoms with Gasteiger partial charge in [-0.3, -0.25) is 0 Å². The number of hydrogen-bond acceptors (Lipinski definition) is 5. The van der Waals surface area contributed by atoms with Crippen LogP contribution in [0.1, 0.15) is 19.8 Å². The van der Waals surface area contributed by atoms with E-state index in [4.69, 9.17) is 9.16 Å². The lowest BCUT2D eigenvalue weighted by atomic mass is 10.2. The van der Waals surface area contributed by atoms with Crippen molar-refractivity contribution in [2.75, 3.05) is 19.7 Å². The van der Waals surface area contributed by atoms with E-state index < -0.39 is 12.1 Å². The fraction of sp³-hybridized carbons (Fsp3) is 0.727. The van der Waals surface area contributed by atoms with Crippen LogP contribution in [0.2, 0.25) is 0 Å². The standard InChI is InChI=1S/C11H23NO4Si/c1-3-11(14)15-8-10(13)7-12-6-4-5-9(2)16-17/h3,9-10,12-13H,1,4-8H2,2,17H3. The van der Waals surface area contributed by atoms with Gasteiger partial charge < -0.3 is 19.6 Å². The van der Waals surface area contributed by atoms with Crippen LogP contribution < -0.4 is 5.32 Å². The highest BCUT2D eigenvalue weighted by Crippen LogP contribution is 1.97. The number of aliphatic hydroxyl groups is 1. The van der Waals surface area contributed by atoms with Gasteiger partial charge in [0.25, 0.3) is 0 Å². The molecule has 6 heteroatoms. The normalized spacial score (nSPS) is 14.2. The molecule has 0 aliphatic carbocycles. The summed E-state index contributed by atoms with van der Waals surface area (Å²) in [6.45, 7) is 6.56. The first-order valence-corrected chi connectivity index (χ1v) is 6.62. The zero-order valence-corrected chi connectivity index (χ0v) is 12.6. The Morgan fingerprint density at radius 2 is 2.35 bits per heavy atom. The fourth-order valence-electron chi connectivity index (χ4n) is 1.20. The molecule has 0 rings (SSSR count). The van der Waals surface area contributed by atoms with Gasteiger partial charge in [0.1, 0.15) is 23.2 Å². The Labute approximate surface area is 106 Å². The molecule has 0 bridgehead atoms. The molecule has 0 aromatic heterocycles. The molecular weight excluding hydrogens is 238 g/mol. The number of ether oxygens (including phenoxy) is 1. The van der Waals surface area contributed by atoms with Crippen molar-refractivity contribution in [3.63, 3.8) is 0 Å². The Balaban J connectivity index is 3.36. The van der Waals surface area contributed by atoms with Gasteiger partial charge in [-0.15, -0.1) is 0 Å². The van der Waals surface area contributed by atoms with Crippen LogP contribution in [-0.2, 0) is 14.0 Å². The van der Waals surface area contributed by atoms with E-state index in [1.165, 1.54) is 0 Å². The molecule has 5 nitrogen and oxygen atoms in total. The molecule has 2 unspecified atom stereocenters. The maximum atomic E-state index is 10.7. The van der Waals surface area contributed by atoms with Gasteiger partial charge in [0, 0.05) is 18.7 Å². The first-order valence-electron chi connectivity index (χ1n) is 5.81. The molecule has 0 amide bonds. The number of carbonyl (C=O) groups is 1. The Kier molecular flexibility index (Phi) is 10.0. The van der Waals surface area contributed by atoms with Crippen molar-refractivity contribution >= 4 is 16.5 Å². The molecule has 2 N–H and O–H groups in total. The van der Waals surface area contributed by atoms with Crippen molar-refractivity contribution in [3.8, 4) is 0 Å². The predicted octanol–water partition coefficient (Wildman–Crippen LogP) is -0.868. The van der Waals surface area contributed by atoms with Gasteiger partial charge in [0.2, 0.25) is 0 Å². The topological polar surface area (TPSA) is 67.8 Å². The van der Waals surface area contributed by atoms with Crippen molar-refractivity contribution in [3.05, 3.63) is 12.7 Å². The van der Waals surface area contributed by atoms with Gasteiger partial charge in [0.15, 0.2) is 0 Å². The summed E-state index contributed by atoms with van der Waals surface area (Å²) in [4.78, 5) is 10.7. The average Bonchev–Trinajstić information content (AvgIpc) is 2.34. The molecule has 0 saturated carbocycles. The van der Waals surface area contributed by atoms with Crippen LogP contribution in [0.15, 0.2) is 12.7 Å². The van der Waals surface area contributed by atoms with E-state index >= 15 is 0 Å². The number of esters is 1. The second kappa shape index (κ2) is 10.5. The molecule has 0 aromatic carbocycles. The van der Waals surface area contributed by atoms with Gasteiger partial charge >= 0.3 is 5.97 Å². The Bertz CT molecular complexity index is 226. The number of nitrogens with one attached hydrogen (secondary N) is 1. The number of hydrogen-bond donors (Lipinski definition) is 2. The molecule has 0 heterocycles. The maximum absolute atomic E-state index is 10.7. The highest BCUT2D eigenvalue weighted by molar-refractivity contribution is 5.98. The monoisotopic (exact) mass is 261 g/mol. The molecule has 0 aliphatic rings. The molecular formula is C11H23NO4Si. The smallest absolute Gasteiger partial charge is 0.330 e. The van der Waals surface area contributed by atoms with E-state index in [0.29, 0.717) is 12.6 Å². The summed E-state index contributed by atoms with van der Waals surface area (Å²) in [7, 11) is 0.771. The molecule has 0 spiro atoms. The minimum absolute atomic E-state index is 0.00206. The van der Waals surface area contributed by atoms with Crippen LogP contribution >= 0.6 is 0 Å². The molecule has 0 fully saturated rings. The van der Waals surface area contributed by atoms with Crippen molar-refractivity contribution in [2.24, 2.45) is 0 Å². The lowest BCUT2D eigenvalue weighted by Gasteiger charge is -2.13. The molecule has 2 atom stereocenters. The van der Waals surface area contributed by atoms with Gasteiger partial charge in [-0.2, -0.15) is 0 Å². The minimum Gasteiger partial charge on any atom is -0.460 e. The second-order valence-electron chi connectivity index (χ2n) is 3.88. The highest BCUT2D eigenvalue weighted by atomic mass is 28.2. The maximum Gasteiger partial charge on any atom is 0.330 e. The summed E-state index contributed by atoms with van der Waals surface area (Å²) in [5.74, 6) is -0.512.